The number of benzene rings is 3. The normalized spacial score (nSPS) is 13.8. The SMILES string of the molecule is O=C(/C=C/c1ccc2c(c1)sc1ncnc(Nc3ccc(OCc4cccc(F)c4)c(Cl)c3)c12)N1CCNCC1. The van der Waals surface area contributed by atoms with Crippen molar-refractivity contribution in [3.05, 3.63) is 95.0 Å². The molecule has 1 amide bonds. The smallest absolute Gasteiger partial charge is 0.246 e. The van der Waals surface area contributed by atoms with Gasteiger partial charge in [0.1, 0.15) is 35.1 Å². The first kappa shape index (κ1) is 26.2. The Morgan fingerprint density at radius 1 is 1.12 bits per heavy atom. The summed E-state index contributed by atoms with van der Waals surface area (Å²) in [5, 5.41) is 8.98. The Balaban J connectivity index is 1.20. The molecule has 0 spiro atoms. The quantitative estimate of drug-likeness (QED) is 0.219. The molecule has 1 aliphatic heterocycles. The second kappa shape index (κ2) is 11.6. The van der Waals surface area contributed by atoms with Gasteiger partial charge in [-0.25, -0.2) is 14.4 Å². The molecule has 2 aromatic heterocycles. The lowest BCUT2D eigenvalue weighted by atomic mass is 10.1. The number of carbonyl (C=O) groups is 1. The highest BCUT2D eigenvalue weighted by molar-refractivity contribution is 7.25. The average molecular weight is 574 g/mol. The Labute approximate surface area is 239 Å². The van der Waals surface area contributed by atoms with E-state index in [2.05, 4.69) is 26.7 Å². The molecule has 0 aliphatic carbocycles. The van der Waals surface area contributed by atoms with Crippen molar-refractivity contribution in [3.8, 4) is 5.75 Å². The summed E-state index contributed by atoms with van der Waals surface area (Å²) < 4.78 is 20.3. The van der Waals surface area contributed by atoms with E-state index in [0.29, 0.717) is 16.6 Å². The number of rotatable bonds is 7. The lowest BCUT2D eigenvalue weighted by Gasteiger charge is -2.26. The highest BCUT2D eigenvalue weighted by atomic mass is 35.5. The summed E-state index contributed by atoms with van der Waals surface area (Å²) >= 11 is 8.07. The number of nitrogens with zero attached hydrogens (tertiary/aromatic N) is 3. The standard InChI is InChI=1S/C30H25ClFN5O2S/c31-24-16-22(6-8-25(24)39-17-20-2-1-3-21(32)14-20)36-29-28-23-7-4-19(15-26(23)40-30(28)35-18-34-29)5-9-27(38)37-12-10-33-11-13-37/h1-9,14-16,18,33H,10-13,17H2,(H,34,35,36)/b9-5+. The molecule has 7 nitrogen and oxygen atoms in total. The second-order valence-electron chi connectivity index (χ2n) is 9.36. The number of carbonyl (C=O) groups excluding carboxylic acids is 1. The van der Waals surface area contributed by atoms with Crippen LogP contribution in [0.4, 0.5) is 15.9 Å². The first-order chi connectivity index (χ1) is 19.5. The Morgan fingerprint density at radius 3 is 2.83 bits per heavy atom. The monoisotopic (exact) mass is 573 g/mol. The third-order valence-corrected chi connectivity index (χ3v) is 7.98. The van der Waals surface area contributed by atoms with Crippen molar-refractivity contribution in [2.24, 2.45) is 0 Å². The first-order valence-electron chi connectivity index (χ1n) is 12.8. The third kappa shape index (κ3) is 5.77. The second-order valence-corrected chi connectivity index (χ2v) is 10.8. The lowest BCUT2D eigenvalue weighted by Crippen LogP contribution is -2.45. The summed E-state index contributed by atoms with van der Waals surface area (Å²) in [6, 6.07) is 17.8. The van der Waals surface area contributed by atoms with Gasteiger partial charge >= 0.3 is 0 Å². The van der Waals surface area contributed by atoms with Gasteiger partial charge in [0.05, 0.1) is 10.4 Å². The molecular formula is C30H25ClFN5O2S. The molecule has 0 unspecified atom stereocenters. The van der Waals surface area contributed by atoms with Crippen molar-refractivity contribution in [2.75, 3.05) is 31.5 Å². The summed E-state index contributed by atoms with van der Waals surface area (Å²) in [4.78, 5) is 24.2. The number of fused-ring (bicyclic) bond motifs is 3. The Kier molecular flexibility index (Phi) is 7.59. The molecule has 202 valence electrons. The van der Waals surface area contributed by atoms with Crippen molar-refractivity contribution in [1.82, 2.24) is 20.2 Å². The third-order valence-electron chi connectivity index (χ3n) is 6.62. The van der Waals surface area contributed by atoms with Gasteiger partial charge in [-0.2, -0.15) is 0 Å². The number of anilines is 2. The number of piperazine rings is 1. The molecule has 3 heterocycles. The highest BCUT2D eigenvalue weighted by Crippen LogP contribution is 2.38. The molecule has 10 heteroatoms. The van der Waals surface area contributed by atoms with Crippen LogP contribution in [-0.4, -0.2) is 47.0 Å². The minimum absolute atomic E-state index is 0.0272. The maximum absolute atomic E-state index is 13.4. The summed E-state index contributed by atoms with van der Waals surface area (Å²) in [6.45, 7) is 3.31. The van der Waals surface area contributed by atoms with Crippen molar-refractivity contribution in [1.29, 1.82) is 0 Å². The number of halogens is 2. The van der Waals surface area contributed by atoms with E-state index in [1.807, 2.05) is 29.2 Å². The van der Waals surface area contributed by atoms with E-state index in [9.17, 15) is 9.18 Å². The van der Waals surface area contributed by atoms with Crippen LogP contribution in [-0.2, 0) is 11.4 Å². The van der Waals surface area contributed by atoms with E-state index in [4.69, 9.17) is 16.3 Å². The Morgan fingerprint density at radius 2 is 2.00 bits per heavy atom. The molecule has 40 heavy (non-hydrogen) atoms. The van der Waals surface area contributed by atoms with Crippen LogP contribution in [0.2, 0.25) is 5.02 Å². The number of thiophene rings is 1. The summed E-state index contributed by atoms with van der Waals surface area (Å²) in [5.74, 6) is 0.885. The van der Waals surface area contributed by atoms with Crippen LogP contribution in [0.5, 0.6) is 5.75 Å². The molecule has 5 aromatic rings. The van der Waals surface area contributed by atoms with Crippen molar-refractivity contribution < 1.29 is 13.9 Å². The fraction of sp³-hybridized carbons (Fsp3) is 0.167. The maximum Gasteiger partial charge on any atom is 0.246 e. The zero-order valence-corrected chi connectivity index (χ0v) is 22.9. The first-order valence-corrected chi connectivity index (χ1v) is 14.0. The molecule has 3 aromatic carbocycles. The average Bonchev–Trinajstić information content (AvgIpc) is 3.35. The molecule has 1 fully saturated rings. The minimum atomic E-state index is -0.308. The van der Waals surface area contributed by atoms with Crippen LogP contribution in [0.25, 0.3) is 26.4 Å². The van der Waals surface area contributed by atoms with Gasteiger partial charge in [0, 0.05) is 48.0 Å². The minimum Gasteiger partial charge on any atom is -0.487 e. The lowest BCUT2D eigenvalue weighted by molar-refractivity contribution is -0.126. The van der Waals surface area contributed by atoms with Gasteiger partial charge in [-0.3, -0.25) is 4.79 Å². The fourth-order valence-corrected chi connectivity index (χ4v) is 5.93. The fourth-order valence-electron chi connectivity index (χ4n) is 4.60. The zero-order chi connectivity index (χ0) is 27.5. The summed E-state index contributed by atoms with van der Waals surface area (Å²) in [7, 11) is 0. The van der Waals surface area contributed by atoms with Crippen LogP contribution < -0.4 is 15.4 Å². The topological polar surface area (TPSA) is 79.4 Å². The molecular weight excluding hydrogens is 549 g/mol. The molecule has 0 saturated carbocycles. The largest absolute Gasteiger partial charge is 0.487 e. The van der Waals surface area contributed by atoms with E-state index in [1.165, 1.54) is 18.5 Å². The highest BCUT2D eigenvalue weighted by Gasteiger charge is 2.15. The Hall–Kier alpha value is -4.05. The van der Waals surface area contributed by atoms with Gasteiger partial charge in [-0.15, -0.1) is 11.3 Å². The number of hydrogen-bond acceptors (Lipinski definition) is 7. The molecule has 1 saturated heterocycles. The van der Waals surface area contributed by atoms with Gasteiger partial charge in [0.2, 0.25) is 5.91 Å². The van der Waals surface area contributed by atoms with Crippen LogP contribution in [0, 0.1) is 5.82 Å². The molecule has 0 radical (unpaired) electrons. The van der Waals surface area contributed by atoms with Crippen LogP contribution in [0.3, 0.4) is 0 Å². The summed E-state index contributed by atoms with van der Waals surface area (Å²) in [5.41, 5.74) is 2.41. The molecule has 0 bridgehead atoms. The van der Waals surface area contributed by atoms with Gasteiger partial charge < -0.3 is 20.3 Å². The van der Waals surface area contributed by atoms with E-state index >= 15 is 0 Å². The van der Waals surface area contributed by atoms with E-state index in [1.54, 1.807) is 41.7 Å². The van der Waals surface area contributed by atoms with Crippen LogP contribution in [0.15, 0.2) is 73.1 Å². The number of amides is 1. The van der Waals surface area contributed by atoms with Gasteiger partial charge in [0.15, 0.2) is 0 Å². The van der Waals surface area contributed by atoms with Crippen LogP contribution in [0.1, 0.15) is 11.1 Å². The van der Waals surface area contributed by atoms with Crippen molar-refractivity contribution in [3.63, 3.8) is 0 Å². The molecule has 2 N–H and O–H groups in total. The molecule has 0 atom stereocenters. The van der Waals surface area contributed by atoms with Crippen LogP contribution >= 0.6 is 22.9 Å². The number of aromatic nitrogens is 2. The predicted octanol–water partition coefficient (Wildman–Crippen LogP) is 6.40. The number of hydrogen-bond donors (Lipinski definition) is 2. The van der Waals surface area contributed by atoms with Gasteiger partial charge in [-0.1, -0.05) is 35.9 Å². The number of nitrogens with one attached hydrogen (secondary N) is 2. The predicted molar refractivity (Wildman–Crippen MR) is 159 cm³/mol. The van der Waals surface area contributed by atoms with Crippen molar-refractivity contribution in [2.45, 2.75) is 6.61 Å². The summed E-state index contributed by atoms with van der Waals surface area (Å²) in [6.07, 6.45) is 5.03. The van der Waals surface area contributed by atoms with E-state index in [-0.39, 0.29) is 18.3 Å². The van der Waals surface area contributed by atoms with Gasteiger partial charge in [0.25, 0.3) is 0 Å². The zero-order valence-electron chi connectivity index (χ0n) is 21.4. The van der Waals surface area contributed by atoms with E-state index < -0.39 is 0 Å². The molecule has 1 aliphatic rings. The Bertz CT molecular complexity index is 1730. The number of ether oxygens (including phenoxy) is 1. The molecule has 6 rings (SSSR count). The van der Waals surface area contributed by atoms with Crippen molar-refractivity contribution >= 4 is 66.7 Å². The maximum atomic E-state index is 13.4. The van der Waals surface area contributed by atoms with Gasteiger partial charge in [-0.05, 0) is 53.6 Å². The van der Waals surface area contributed by atoms with E-state index in [0.717, 1.165) is 63.3 Å².